The molecule has 1 N–H and O–H groups in total. The Kier molecular flexibility index (Phi) is 4.75. The molecule has 2 aromatic rings. The lowest BCUT2D eigenvalue weighted by atomic mass is 9.95. The predicted molar refractivity (Wildman–Crippen MR) is 80.3 cm³/mol. The van der Waals surface area contributed by atoms with Gasteiger partial charge in [0.1, 0.15) is 0 Å². The van der Waals surface area contributed by atoms with E-state index in [0.717, 1.165) is 18.4 Å². The van der Waals surface area contributed by atoms with Crippen molar-refractivity contribution in [2.75, 3.05) is 0 Å². The largest absolute Gasteiger partial charge is 0.388 e. The Morgan fingerprint density at radius 1 is 0.842 bits per heavy atom. The second-order valence-corrected chi connectivity index (χ2v) is 4.94. The van der Waals surface area contributed by atoms with E-state index in [2.05, 4.69) is 44.2 Å². The lowest BCUT2D eigenvalue weighted by molar-refractivity contribution is 0.177. The summed E-state index contributed by atoms with van der Waals surface area (Å²) in [6.45, 7) is 4.28. The van der Waals surface area contributed by atoms with Crippen molar-refractivity contribution in [3.05, 3.63) is 70.8 Å². The fourth-order valence-corrected chi connectivity index (χ4v) is 2.43. The summed E-state index contributed by atoms with van der Waals surface area (Å²) in [4.78, 5) is 0. The lowest BCUT2D eigenvalue weighted by Crippen LogP contribution is -2.05. The summed E-state index contributed by atoms with van der Waals surface area (Å²) in [6, 6.07) is 16.7. The van der Waals surface area contributed by atoms with E-state index in [4.69, 9.17) is 0 Å². The summed E-state index contributed by atoms with van der Waals surface area (Å²) in [6.07, 6.45) is 2.29. The standard InChI is InChI=1S/C18H22O/c1-3-14-9-11-15(12-10-14)13-18(19)17-8-6-5-7-16(17)4-2/h5-12,18-19H,3-4,13H2,1-2H3. The molecule has 0 aromatic heterocycles. The Hall–Kier alpha value is -1.60. The molecular formula is C18H22O. The molecule has 100 valence electrons. The third-order valence-corrected chi connectivity index (χ3v) is 3.66. The second kappa shape index (κ2) is 6.53. The molecule has 0 radical (unpaired) electrons. The third kappa shape index (κ3) is 3.45. The van der Waals surface area contributed by atoms with Crippen LogP contribution in [0.5, 0.6) is 0 Å². The van der Waals surface area contributed by atoms with E-state index in [1.165, 1.54) is 16.7 Å². The fraction of sp³-hybridized carbons (Fsp3) is 0.333. The zero-order valence-corrected chi connectivity index (χ0v) is 11.8. The van der Waals surface area contributed by atoms with Gasteiger partial charge in [0.15, 0.2) is 0 Å². The van der Waals surface area contributed by atoms with Crippen LogP contribution in [-0.2, 0) is 19.3 Å². The summed E-state index contributed by atoms with van der Waals surface area (Å²) in [5.74, 6) is 0. The second-order valence-electron chi connectivity index (χ2n) is 4.94. The highest BCUT2D eigenvalue weighted by atomic mass is 16.3. The Morgan fingerprint density at radius 3 is 2.11 bits per heavy atom. The van der Waals surface area contributed by atoms with Crippen LogP contribution in [0, 0.1) is 0 Å². The maximum atomic E-state index is 10.4. The zero-order valence-electron chi connectivity index (χ0n) is 11.8. The van der Waals surface area contributed by atoms with Gasteiger partial charge in [0.2, 0.25) is 0 Å². The number of benzene rings is 2. The molecule has 0 saturated heterocycles. The smallest absolute Gasteiger partial charge is 0.0833 e. The van der Waals surface area contributed by atoms with Crippen LogP contribution in [0.25, 0.3) is 0 Å². The van der Waals surface area contributed by atoms with Crippen LogP contribution in [0.3, 0.4) is 0 Å². The molecule has 0 aliphatic rings. The van der Waals surface area contributed by atoms with Crippen LogP contribution in [-0.4, -0.2) is 5.11 Å². The number of hydrogen-bond donors (Lipinski definition) is 1. The van der Waals surface area contributed by atoms with Gasteiger partial charge in [-0.15, -0.1) is 0 Å². The van der Waals surface area contributed by atoms with Crippen molar-refractivity contribution in [2.45, 2.75) is 39.2 Å². The van der Waals surface area contributed by atoms with Crippen molar-refractivity contribution in [1.29, 1.82) is 0 Å². The molecule has 0 bridgehead atoms. The van der Waals surface area contributed by atoms with E-state index in [1.807, 2.05) is 18.2 Å². The van der Waals surface area contributed by atoms with Crippen LogP contribution in [0.15, 0.2) is 48.5 Å². The van der Waals surface area contributed by atoms with Crippen molar-refractivity contribution < 1.29 is 5.11 Å². The summed E-state index contributed by atoms with van der Waals surface area (Å²) >= 11 is 0. The Labute approximate surface area is 115 Å². The van der Waals surface area contributed by atoms with Crippen LogP contribution in [0.1, 0.15) is 42.2 Å². The number of hydrogen-bond acceptors (Lipinski definition) is 1. The molecule has 2 rings (SSSR count). The molecule has 0 aliphatic carbocycles. The van der Waals surface area contributed by atoms with E-state index in [1.54, 1.807) is 0 Å². The Bertz CT molecular complexity index is 513. The maximum absolute atomic E-state index is 10.4. The molecule has 1 heteroatoms. The Morgan fingerprint density at radius 2 is 1.47 bits per heavy atom. The van der Waals surface area contributed by atoms with E-state index in [-0.39, 0.29) is 0 Å². The number of aliphatic hydroxyl groups is 1. The van der Waals surface area contributed by atoms with Crippen molar-refractivity contribution in [1.82, 2.24) is 0 Å². The fourth-order valence-electron chi connectivity index (χ4n) is 2.43. The first-order chi connectivity index (χ1) is 9.24. The van der Waals surface area contributed by atoms with Crippen LogP contribution in [0.2, 0.25) is 0 Å². The van der Waals surface area contributed by atoms with Crippen LogP contribution in [0.4, 0.5) is 0 Å². The molecular weight excluding hydrogens is 232 g/mol. The molecule has 0 fully saturated rings. The summed E-state index contributed by atoms with van der Waals surface area (Å²) in [7, 11) is 0. The minimum atomic E-state index is -0.413. The molecule has 0 amide bonds. The van der Waals surface area contributed by atoms with Gasteiger partial charge >= 0.3 is 0 Å². The van der Waals surface area contributed by atoms with Gasteiger partial charge in [-0.2, -0.15) is 0 Å². The minimum Gasteiger partial charge on any atom is -0.388 e. The van der Waals surface area contributed by atoms with E-state index >= 15 is 0 Å². The van der Waals surface area contributed by atoms with E-state index in [9.17, 15) is 5.11 Å². The highest BCUT2D eigenvalue weighted by Crippen LogP contribution is 2.22. The monoisotopic (exact) mass is 254 g/mol. The van der Waals surface area contributed by atoms with Gasteiger partial charge in [-0.3, -0.25) is 0 Å². The van der Waals surface area contributed by atoms with Gasteiger partial charge in [0.25, 0.3) is 0 Å². The van der Waals surface area contributed by atoms with Crippen molar-refractivity contribution in [3.8, 4) is 0 Å². The predicted octanol–water partition coefficient (Wildman–Crippen LogP) is 4.09. The quantitative estimate of drug-likeness (QED) is 0.852. The lowest BCUT2D eigenvalue weighted by Gasteiger charge is -2.15. The van der Waals surface area contributed by atoms with Crippen molar-refractivity contribution >= 4 is 0 Å². The molecule has 0 aliphatic heterocycles. The number of aliphatic hydroxyl groups excluding tert-OH is 1. The average molecular weight is 254 g/mol. The number of rotatable bonds is 5. The highest BCUT2D eigenvalue weighted by molar-refractivity contribution is 5.31. The van der Waals surface area contributed by atoms with E-state index < -0.39 is 6.10 Å². The van der Waals surface area contributed by atoms with Gasteiger partial charge in [-0.1, -0.05) is 62.4 Å². The third-order valence-electron chi connectivity index (χ3n) is 3.66. The van der Waals surface area contributed by atoms with Gasteiger partial charge in [0.05, 0.1) is 6.10 Å². The Balaban J connectivity index is 2.13. The molecule has 1 nitrogen and oxygen atoms in total. The van der Waals surface area contributed by atoms with Gasteiger partial charge in [0, 0.05) is 6.42 Å². The van der Waals surface area contributed by atoms with Crippen LogP contribution >= 0.6 is 0 Å². The molecule has 1 atom stereocenters. The van der Waals surface area contributed by atoms with Crippen LogP contribution < -0.4 is 0 Å². The molecule has 0 spiro atoms. The summed E-state index contributed by atoms with van der Waals surface area (Å²) < 4.78 is 0. The first-order valence-electron chi connectivity index (χ1n) is 7.08. The van der Waals surface area contributed by atoms with Gasteiger partial charge in [-0.05, 0) is 35.1 Å². The minimum absolute atomic E-state index is 0.413. The molecule has 0 saturated carbocycles. The molecule has 2 aromatic carbocycles. The van der Waals surface area contributed by atoms with Gasteiger partial charge < -0.3 is 5.11 Å². The number of aryl methyl sites for hydroxylation is 2. The van der Waals surface area contributed by atoms with Crippen molar-refractivity contribution in [3.63, 3.8) is 0 Å². The average Bonchev–Trinajstić information content (AvgIpc) is 2.48. The first-order valence-corrected chi connectivity index (χ1v) is 7.08. The zero-order chi connectivity index (χ0) is 13.7. The molecule has 0 heterocycles. The summed E-state index contributed by atoms with van der Waals surface area (Å²) in [5.41, 5.74) is 4.83. The highest BCUT2D eigenvalue weighted by Gasteiger charge is 2.11. The maximum Gasteiger partial charge on any atom is 0.0833 e. The normalized spacial score (nSPS) is 12.4. The summed E-state index contributed by atoms with van der Waals surface area (Å²) in [5, 5.41) is 10.4. The van der Waals surface area contributed by atoms with Gasteiger partial charge in [-0.25, -0.2) is 0 Å². The first kappa shape index (κ1) is 13.8. The van der Waals surface area contributed by atoms with E-state index in [0.29, 0.717) is 6.42 Å². The topological polar surface area (TPSA) is 20.2 Å². The molecule has 19 heavy (non-hydrogen) atoms. The SMILES string of the molecule is CCc1ccc(CC(O)c2ccccc2CC)cc1. The van der Waals surface area contributed by atoms with Crippen molar-refractivity contribution in [2.24, 2.45) is 0 Å². The molecule has 1 unspecified atom stereocenters.